The minimum absolute atomic E-state index is 0.0426. The van der Waals surface area contributed by atoms with Crippen LogP contribution in [0.15, 0.2) is 248 Å². The highest BCUT2D eigenvalue weighted by Gasteiger charge is 2.31. The molecule has 74 heavy (non-hydrogen) atoms. The summed E-state index contributed by atoms with van der Waals surface area (Å²) >= 11 is 0. The van der Waals surface area contributed by atoms with Crippen LogP contribution in [0.25, 0.3) is 83.1 Å². The van der Waals surface area contributed by atoms with Crippen LogP contribution < -0.4 is 0 Å². The Balaban J connectivity index is 0.855. The molecule has 1 heterocycles. The summed E-state index contributed by atoms with van der Waals surface area (Å²) in [6.45, 7) is 9.21. The lowest BCUT2D eigenvalue weighted by atomic mass is 9.87. The molecule has 0 bridgehead atoms. The number of aromatic nitrogens is 1. The second-order valence-corrected chi connectivity index (χ2v) is 19.9. The van der Waals surface area contributed by atoms with Crippen molar-refractivity contribution in [1.82, 2.24) is 4.57 Å². The lowest BCUT2D eigenvalue weighted by Crippen LogP contribution is -2.08. The summed E-state index contributed by atoms with van der Waals surface area (Å²) in [5.41, 5.74) is 27.6. The smallest absolute Gasteiger partial charge is 0.111 e. The minimum Gasteiger partial charge on any atom is -0.297 e. The van der Waals surface area contributed by atoms with E-state index < -0.39 is 0 Å². The third-order valence-electron chi connectivity index (χ3n) is 15.5. The third kappa shape index (κ3) is 7.82. The summed E-state index contributed by atoms with van der Waals surface area (Å²) in [7, 11) is 0. The van der Waals surface area contributed by atoms with E-state index >= 15 is 0 Å². The van der Waals surface area contributed by atoms with Crippen LogP contribution in [0.3, 0.4) is 0 Å². The maximum Gasteiger partial charge on any atom is 0.111 e. The predicted octanol–water partition coefficient (Wildman–Crippen LogP) is 17.9. The van der Waals surface area contributed by atoms with Crippen LogP contribution in [0.1, 0.15) is 62.9 Å². The Morgan fingerprint density at radius 2 is 1.16 bits per heavy atom. The van der Waals surface area contributed by atoms with Crippen molar-refractivity contribution in [3.05, 3.63) is 293 Å². The number of terminal acetylenes is 1. The molecule has 2 aliphatic rings. The minimum atomic E-state index is -0.0426. The molecule has 1 unspecified atom stereocenters. The summed E-state index contributed by atoms with van der Waals surface area (Å²) in [5.74, 6) is 3.59. The van der Waals surface area contributed by atoms with E-state index in [4.69, 9.17) is 18.0 Å². The predicted molar refractivity (Wildman–Crippen MR) is 312 cm³/mol. The van der Waals surface area contributed by atoms with Gasteiger partial charge in [-0.05, 0) is 181 Å². The molecule has 0 saturated carbocycles. The van der Waals surface area contributed by atoms with Gasteiger partial charge < -0.3 is 0 Å². The van der Waals surface area contributed by atoms with Crippen LogP contribution in [0, 0.1) is 19.3 Å². The molecule has 350 valence electrons. The van der Waals surface area contributed by atoms with Crippen molar-refractivity contribution >= 4 is 33.3 Å². The zero-order valence-electron chi connectivity index (χ0n) is 41.6. The Hall–Kier alpha value is -9.29. The standard InChI is InChI=1S/C72H52N2/c1-5-49-28-30-50(31-29-49)40-56-19-9-11-21-59(56)65-42-52(32-27-46(65)2)54-35-37-64-67(44-54)61-23-13-14-25-63(61)72(64)47(3)39-69(51-17-7-6-8-18-51)73-48(4)74-70-26-16-15-24-62(70)68-45-55(36-38-71(68)74)53-33-34-58-41-57-20-10-12-22-60(57)66(58)43-53/h1,6-39,42-45,72H,3,40-41H2,2,4H3/b69-39-,73-48?. The first-order valence-corrected chi connectivity index (χ1v) is 25.6. The van der Waals surface area contributed by atoms with E-state index in [1.54, 1.807) is 0 Å². The maximum absolute atomic E-state index is 5.67. The van der Waals surface area contributed by atoms with Gasteiger partial charge in [0.05, 0.1) is 16.7 Å². The molecule has 0 spiro atoms. The first-order chi connectivity index (χ1) is 36.4. The SMILES string of the molecule is C#Cc1ccc(Cc2ccccc2-c2cc(-c3ccc4c(c3)-c3ccccc3C4C(=C)/C=C(\N=C(C)n3c4ccccc4c4cc(-c5ccc6c(c5)-c5ccccc5C6)ccc43)c3ccccc3)ccc2C)cc1. The fourth-order valence-corrected chi connectivity index (χ4v) is 11.8. The van der Waals surface area contributed by atoms with E-state index in [9.17, 15) is 0 Å². The number of nitrogens with zero attached hydrogens (tertiary/aromatic N) is 2. The van der Waals surface area contributed by atoms with Gasteiger partial charge in [-0.3, -0.25) is 4.57 Å². The highest BCUT2D eigenvalue weighted by Crippen LogP contribution is 2.50. The summed E-state index contributed by atoms with van der Waals surface area (Å²) in [5, 5.41) is 2.41. The lowest BCUT2D eigenvalue weighted by Gasteiger charge is -2.17. The first kappa shape index (κ1) is 44.6. The Morgan fingerprint density at radius 3 is 1.99 bits per heavy atom. The van der Waals surface area contributed by atoms with E-state index in [1.165, 1.54) is 105 Å². The number of allylic oxidation sites excluding steroid dienone is 2. The Labute approximate surface area is 434 Å². The molecule has 0 fully saturated rings. The number of aliphatic imine (C=N–C) groups is 1. The van der Waals surface area contributed by atoms with Crippen molar-refractivity contribution in [2.24, 2.45) is 4.99 Å². The molecule has 11 aromatic rings. The van der Waals surface area contributed by atoms with Crippen LogP contribution in [-0.2, 0) is 12.8 Å². The maximum atomic E-state index is 5.67. The molecule has 2 nitrogen and oxygen atoms in total. The lowest BCUT2D eigenvalue weighted by molar-refractivity contribution is 1.02. The highest BCUT2D eigenvalue weighted by molar-refractivity contribution is 6.15. The van der Waals surface area contributed by atoms with Crippen LogP contribution in [-0.4, -0.2) is 10.4 Å². The van der Waals surface area contributed by atoms with Crippen molar-refractivity contribution in [3.8, 4) is 68.0 Å². The fourth-order valence-electron chi connectivity index (χ4n) is 11.8. The molecule has 13 rings (SSSR count). The van der Waals surface area contributed by atoms with E-state index in [0.29, 0.717) is 0 Å². The molecule has 2 aliphatic carbocycles. The monoisotopic (exact) mass is 944 g/mol. The molecular weight excluding hydrogens is 893 g/mol. The average Bonchev–Trinajstić information content (AvgIpc) is 4.11. The van der Waals surface area contributed by atoms with Gasteiger partial charge in [-0.1, -0.05) is 188 Å². The van der Waals surface area contributed by atoms with Gasteiger partial charge in [-0.2, -0.15) is 0 Å². The quantitative estimate of drug-likeness (QED) is 0.0594. The number of fused-ring (bicyclic) bond motifs is 9. The second-order valence-electron chi connectivity index (χ2n) is 19.9. The summed E-state index contributed by atoms with van der Waals surface area (Å²) in [4.78, 5) is 5.56. The molecule has 1 aromatic heterocycles. The van der Waals surface area contributed by atoms with E-state index in [-0.39, 0.29) is 5.92 Å². The molecule has 0 aliphatic heterocycles. The summed E-state index contributed by atoms with van der Waals surface area (Å²) < 4.78 is 2.32. The van der Waals surface area contributed by atoms with Crippen LogP contribution in [0.4, 0.5) is 0 Å². The molecule has 0 N–H and O–H groups in total. The van der Waals surface area contributed by atoms with Crippen LogP contribution >= 0.6 is 0 Å². The molecule has 10 aromatic carbocycles. The highest BCUT2D eigenvalue weighted by atomic mass is 15.1. The largest absolute Gasteiger partial charge is 0.297 e. The van der Waals surface area contributed by atoms with E-state index in [0.717, 1.165) is 52.1 Å². The Kier molecular flexibility index (Phi) is 11.1. The number of benzene rings is 10. The first-order valence-electron chi connectivity index (χ1n) is 25.6. The molecular formula is C72H52N2. The van der Waals surface area contributed by atoms with Gasteiger partial charge in [0.15, 0.2) is 0 Å². The number of hydrogen-bond donors (Lipinski definition) is 0. The van der Waals surface area contributed by atoms with Crippen LogP contribution in [0.2, 0.25) is 0 Å². The molecule has 2 heteroatoms. The van der Waals surface area contributed by atoms with Crippen molar-refractivity contribution in [2.45, 2.75) is 32.6 Å². The Bertz CT molecular complexity index is 4170. The molecule has 0 radical (unpaired) electrons. The molecule has 0 saturated heterocycles. The van der Waals surface area contributed by atoms with E-state index in [1.807, 2.05) is 12.1 Å². The van der Waals surface area contributed by atoms with Crippen molar-refractivity contribution < 1.29 is 0 Å². The van der Waals surface area contributed by atoms with Gasteiger partial charge in [-0.15, -0.1) is 6.42 Å². The van der Waals surface area contributed by atoms with E-state index in [2.05, 4.69) is 243 Å². The third-order valence-corrected chi connectivity index (χ3v) is 15.5. The summed E-state index contributed by atoms with van der Waals surface area (Å²) in [6.07, 6.45) is 9.70. The van der Waals surface area contributed by atoms with Gasteiger partial charge in [0.25, 0.3) is 0 Å². The van der Waals surface area contributed by atoms with Crippen molar-refractivity contribution in [3.63, 3.8) is 0 Å². The number of para-hydroxylation sites is 1. The van der Waals surface area contributed by atoms with Crippen molar-refractivity contribution in [2.75, 3.05) is 0 Å². The number of rotatable bonds is 9. The van der Waals surface area contributed by atoms with Gasteiger partial charge >= 0.3 is 0 Å². The average molecular weight is 945 g/mol. The summed E-state index contributed by atoms with van der Waals surface area (Å²) in [6, 6.07) is 81.8. The Morgan fingerprint density at radius 1 is 0.554 bits per heavy atom. The normalized spacial score (nSPS) is 13.6. The molecule has 1 atom stereocenters. The van der Waals surface area contributed by atoms with Gasteiger partial charge in [0, 0.05) is 27.8 Å². The molecule has 0 amide bonds. The number of aryl methyl sites for hydroxylation is 1. The van der Waals surface area contributed by atoms with Crippen molar-refractivity contribution in [1.29, 1.82) is 0 Å². The van der Waals surface area contributed by atoms with Crippen LogP contribution in [0.5, 0.6) is 0 Å². The zero-order valence-corrected chi connectivity index (χ0v) is 41.6. The van der Waals surface area contributed by atoms with Gasteiger partial charge in [-0.25, -0.2) is 4.99 Å². The fraction of sp³-hybridized carbons (Fsp3) is 0.0694. The second kappa shape index (κ2) is 18.4. The van der Waals surface area contributed by atoms with Gasteiger partial charge in [0.2, 0.25) is 0 Å². The topological polar surface area (TPSA) is 17.3 Å². The number of hydrogen-bond acceptors (Lipinski definition) is 1. The zero-order chi connectivity index (χ0) is 49.9. The van der Waals surface area contributed by atoms with Gasteiger partial charge in [0.1, 0.15) is 5.84 Å².